The van der Waals surface area contributed by atoms with E-state index in [2.05, 4.69) is 10.1 Å². The first-order valence-electron chi connectivity index (χ1n) is 11.1. The van der Waals surface area contributed by atoms with E-state index in [9.17, 15) is 4.79 Å². The second-order valence-corrected chi connectivity index (χ2v) is 8.27. The zero-order valence-electron chi connectivity index (χ0n) is 19.3. The second-order valence-electron chi connectivity index (χ2n) is 8.27. The number of piperidine rings is 1. The van der Waals surface area contributed by atoms with E-state index >= 15 is 0 Å². The Labute approximate surface area is 194 Å². The van der Waals surface area contributed by atoms with Gasteiger partial charge in [-0.15, -0.1) is 0 Å². The molecular weight excluding hydrogens is 418 g/mol. The van der Waals surface area contributed by atoms with Crippen molar-refractivity contribution in [2.75, 3.05) is 27.3 Å². The van der Waals surface area contributed by atoms with Crippen LogP contribution in [0.5, 0.6) is 11.5 Å². The van der Waals surface area contributed by atoms with Crippen molar-refractivity contribution in [2.45, 2.75) is 26.2 Å². The topological polar surface area (TPSA) is 77.7 Å². The number of rotatable bonds is 7. The van der Waals surface area contributed by atoms with Crippen LogP contribution in [0, 0.1) is 12.8 Å². The van der Waals surface area contributed by atoms with Crippen molar-refractivity contribution in [3.8, 4) is 22.9 Å². The highest BCUT2D eigenvalue weighted by Crippen LogP contribution is 2.28. The third-order valence-electron chi connectivity index (χ3n) is 5.97. The summed E-state index contributed by atoms with van der Waals surface area (Å²) in [6.45, 7) is 3.46. The molecule has 0 radical (unpaired) electrons. The van der Waals surface area contributed by atoms with E-state index in [1.54, 1.807) is 26.4 Å². The number of amides is 1. The number of likely N-dealkylation sites (tertiary alicyclic amines) is 1. The lowest BCUT2D eigenvalue weighted by atomic mass is 9.94. The highest BCUT2D eigenvalue weighted by atomic mass is 16.5. The van der Waals surface area contributed by atoms with Crippen molar-refractivity contribution in [3.05, 3.63) is 65.6 Å². The van der Waals surface area contributed by atoms with Crippen LogP contribution in [0.25, 0.3) is 17.5 Å². The summed E-state index contributed by atoms with van der Waals surface area (Å²) >= 11 is 0. The first kappa shape index (κ1) is 22.6. The summed E-state index contributed by atoms with van der Waals surface area (Å²) in [4.78, 5) is 19.3. The molecule has 0 N–H and O–H groups in total. The van der Waals surface area contributed by atoms with Gasteiger partial charge in [-0.25, -0.2) is 0 Å². The molecular formula is C26H29N3O4. The molecule has 172 valence electrons. The second kappa shape index (κ2) is 10.3. The minimum Gasteiger partial charge on any atom is -0.493 e. The molecule has 1 unspecified atom stereocenters. The average Bonchev–Trinajstić information content (AvgIpc) is 3.30. The molecule has 7 nitrogen and oxygen atoms in total. The van der Waals surface area contributed by atoms with Crippen molar-refractivity contribution < 1.29 is 18.8 Å². The number of aromatic nitrogens is 2. The Morgan fingerprint density at radius 1 is 1.18 bits per heavy atom. The molecule has 7 heteroatoms. The summed E-state index contributed by atoms with van der Waals surface area (Å²) < 4.78 is 16.1. The molecule has 0 spiro atoms. The van der Waals surface area contributed by atoms with Gasteiger partial charge in [0.1, 0.15) is 0 Å². The smallest absolute Gasteiger partial charge is 0.246 e. The van der Waals surface area contributed by atoms with Crippen molar-refractivity contribution in [2.24, 2.45) is 5.92 Å². The predicted octanol–water partition coefficient (Wildman–Crippen LogP) is 4.56. The number of ether oxygens (including phenoxy) is 2. The van der Waals surface area contributed by atoms with Gasteiger partial charge in [0.15, 0.2) is 11.5 Å². The summed E-state index contributed by atoms with van der Waals surface area (Å²) in [5, 5.41) is 4.16. The Balaban J connectivity index is 1.37. The SMILES string of the molecule is COc1ccc(/C=C\C(=O)N2CCCC(Cc3nc(-c4ccccc4C)no3)C2)cc1OC. The molecule has 0 aliphatic carbocycles. The van der Waals surface area contributed by atoms with Gasteiger partial charge in [0.2, 0.25) is 17.6 Å². The fraction of sp³-hybridized carbons (Fsp3) is 0.346. The van der Waals surface area contributed by atoms with E-state index in [4.69, 9.17) is 14.0 Å². The van der Waals surface area contributed by atoms with Crippen LogP contribution >= 0.6 is 0 Å². The van der Waals surface area contributed by atoms with Gasteiger partial charge in [0.05, 0.1) is 14.2 Å². The van der Waals surface area contributed by atoms with Crippen LogP contribution in [-0.4, -0.2) is 48.3 Å². The summed E-state index contributed by atoms with van der Waals surface area (Å²) in [5.74, 6) is 2.82. The standard InChI is InChI=1S/C26H29N3O4/c1-18-7-4-5-9-21(18)26-27-24(33-28-26)16-20-8-6-14-29(17-20)25(30)13-11-19-10-12-22(31-2)23(15-19)32-3/h4-5,7,9-13,15,20H,6,8,14,16-17H2,1-3H3/b13-11-. The van der Waals surface area contributed by atoms with Crippen LogP contribution in [0.3, 0.4) is 0 Å². The molecule has 1 aliphatic heterocycles. The first-order chi connectivity index (χ1) is 16.1. The molecule has 2 heterocycles. The number of carbonyl (C=O) groups is 1. The fourth-order valence-corrected chi connectivity index (χ4v) is 4.18. The van der Waals surface area contributed by atoms with Gasteiger partial charge in [0.25, 0.3) is 0 Å². The van der Waals surface area contributed by atoms with Crippen molar-refractivity contribution in [1.82, 2.24) is 15.0 Å². The highest BCUT2D eigenvalue weighted by molar-refractivity contribution is 5.92. The molecule has 1 amide bonds. The van der Waals surface area contributed by atoms with E-state index < -0.39 is 0 Å². The van der Waals surface area contributed by atoms with Gasteiger partial charge in [-0.2, -0.15) is 4.98 Å². The van der Waals surface area contributed by atoms with Crippen molar-refractivity contribution >= 4 is 12.0 Å². The van der Waals surface area contributed by atoms with Crippen molar-refractivity contribution in [1.29, 1.82) is 0 Å². The molecule has 0 saturated carbocycles. The van der Waals surface area contributed by atoms with E-state index in [0.717, 1.165) is 36.1 Å². The van der Waals surface area contributed by atoms with Crippen LogP contribution in [0.15, 0.2) is 53.1 Å². The van der Waals surface area contributed by atoms with Gasteiger partial charge in [0, 0.05) is 31.1 Å². The average molecular weight is 448 g/mol. The van der Waals surface area contributed by atoms with Gasteiger partial charge in [-0.05, 0) is 55.0 Å². The Morgan fingerprint density at radius 3 is 2.79 bits per heavy atom. The number of carbonyl (C=O) groups excluding carboxylic acids is 1. The van der Waals surface area contributed by atoms with Crippen LogP contribution in [0.4, 0.5) is 0 Å². The number of hydrogen-bond donors (Lipinski definition) is 0. The predicted molar refractivity (Wildman–Crippen MR) is 126 cm³/mol. The Morgan fingerprint density at radius 2 is 2.00 bits per heavy atom. The van der Waals surface area contributed by atoms with Gasteiger partial charge in [-0.1, -0.05) is 35.5 Å². The number of hydrogen-bond acceptors (Lipinski definition) is 6. The van der Waals surface area contributed by atoms with Crippen LogP contribution in [-0.2, 0) is 11.2 Å². The lowest BCUT2D eigenvalue weighted by Gasteiger charge is -2.31. The zero-order valence-corrected chi connectivity index (χ0v) is 19.3. The van der Waals surface area contributed by atoms with Gasteiger partial charge >= 0.3 is 0 Å². The molecule has 1 aromatic heterocycles. The Hall–Kier alpha value is -3.61. The van der Waals surface area contributed by atoms with Crippen LogP contribution in [0.1, 0.15) is 29.9 Å². The van der Waals surface area contributed by atoms with Gasteiger partial charge < -0.3 is 18.9 Å². The largest absolute Gasteiger partial charge is 0.493 e. The number of benzene rings is 2. The summed E-state index contributed by atoms with van der Waals surface area (Å²) in [6.07, 6.45) is 6.08. The third-order valence-corrected chi connectivity index (χ3v) is 5.97. The number of nitrogens with zero attached hydrogens (tertiary/aromatic N) is 3. The maximum absolute atomic E-state index is 12.8. The molecule has 33 heavy (non-hydrogen) atoms. The lowest BCUT2D eigenvalue weighted by molar-refractivity contribution is -0.127. The molecule has 1 aliphatic rings. The summed E-state index contributed by atoms with van der Waals surface area (Å²) in [7, 11) is 3.19. The zero-order chi connectivity index (χ0) is 23.2. The van der Waals surface area contributed by atoms with E-state index in [0.29, 0.717) is 42.1 Å². The lowest BCUT2D eigenvalue weighted by Crippen LogP contribution is -2.39. The van der Waals surface area contributed by atoms with Gasteiger partial charge in [-0.3, -0.25) is 4.79 Å². The summed E-state index contributed by atoms with van der Waals surface area (Å²) in [5.41, 5.74) is 2.97. The Kier molecular flexibility index (Phi) is 7.07. The van der Waals surface area contributed by atoms with E-state index in [-0.39, 0.29) is 5.91 Å². The minimum absolute atomic E-state index is 0.000568. The maximum Gasteiger partial charge on any atom is 0.246 e. The fourth-order valence-electron chi connectivity index (χ4n) is 4.18. The van der Waals surface area contributed by atoms with E-state index in [1.165, 1.54) is 0 Å². The normalized spacial score (nSPS) is 16.2. The van der Waals surface area contributed by atoms with Crippen molar-refractivity contribution in [3.63, 3.8) is 0 Å². The molecule has 4 rings (SSSR count). The van der Waals surface area contributed by atoms with E-state index in [1.807, 2.05) is 54.3 Å². The molecule has 1 fully saturated rings. The molecule has 0 bridgehead atoms. The Bertz CT molecular complexity index is 1140. The highest BCUT2D eigenvalue weighted by Gasteiger charge is 2.24. The molecule has 1 saturated heterocycles. The molecule has 1 atom stereocenters. The molecule has 2 aromatic carbocycles. The quantitative estimate of drug-likeness (QED) is 0.494. The molecule has 3 aromatic rings. The van der Waals surface area contributed by atoms with Crippen LogP contribution in [0.2, 0.25) is 0 Å². The third kappa shape index (κ3) is 5.42. The van der Waals surface area contributed by atoms with Crippen LogP contribution < -0.4 is 9.47 Å². The summed E-state index contributed by atoms with van der Waals surface area (Å²) in [6, 6.07) is 13.6. The maximum atomic E-state index is 12.8. The number of aryl methyl sites for hydroxylation is 1. The minimum atomic E-state index is 0.000568. The monoisotopic (exact) mass is 447 g/mol. The number of methoxy groups -OCH3 is 2. The first-order valence-corrected chi connectivity index (χ1v) is 11.1.